The summed E-state index contributed by atoms with van der Waals surface area (Å²) in [5, 5.41) is 2.86. The molecule has 9 nitrogen and oxygen atoms in total. The van der Waals surface area contributed by atoms with Crippen LogP contribution in [0.4, 0.5) is 11.4 Å². The van der Waals surface area contributed by atoms with Gasteiger partial charge in [0.05, 0.1) is 17.1 Å². The highest BCUT2D eigenvalue weighted by molar-refractivity contribution is 9.10. The zero-order valence-corrected chi connectivity index (χ0v) is 24.1. The Morgan fingerprint density at radius 2 is 1.59 bits per heavy atom. The molecule has 5 rings (SSSR count). The number of ether oxygens (including phenoxy) is 2. The van der Waals surface area contributed by atoms with Gasteiger partial charge in [-0.2, -0.15) is 0 Å². The molecule has 4 aromatic rings. The third-order valence-corrected chi connectivity index (χ3v) is 8.20. The van der Waals surface area contributed by atoms with Crippen molar-refractivity contribution in [2.75, 3.05) is 22.8 Å². The van der Waals surface area contributed by atoms with Crippen molar-refractivity contribution >= 4 is 49.1 Å². The maximum absolute atomic E-state index is 13.2. The van der Waals surface area contributed by atoms with Crippen LogP contribution in [-0.2, 0) is 26.2 Å². The van der Waals surface area contributed by atoms with Crippen LogP contribution in [0.15, 0.2) is 112 Å². The van der Waals surface area contributed by atoms with Crippen molar-refractivity contribution in [2.24, 2.45) is 0 Å². The van der Waals surface area contributed by atoms with Crippen molar-refractivity contribution < 1.29 is 27.5 Å². The number of halogens is 1. The number of sulfonamides is 1. The molecule has 0 bridgehead atoms. The summed E-state index contributed by atoms with van der Waals surface area (Å²) in [6.45, 7) is 0.0251. The van der Waals surface area contributed by atoms with Gasteiger partial charge in [0.25, 0.3) is 21.8 Å². The van der Waals surface area contributed by atoms with E-state index in [0.29, 0.717) is 29.4 Å². The minimum absolute atomic E-state index is 0.0126. The minimum atomic E-state index is -3.81. The standard InChI is InChI=1S/C30H26BrN3O6S/c31-22-10-12-23(13-11-22)33-41(37,38)25-16-14-24(15-17-25)39-20-29(35)34-19-28(40-27-9-5-4-8-26(27)34)30(36)32-18-21-6-2-1-3-7-21/h1-17,28,33H,18-20H2,(H,32,36)/t28-/m1/s1. The summed E-state index contributed by atoms with van der Waals surface area (Å²) < 4.78 is 40.4. The molecule has 0 aromatic heterocycles. The van der Waals surface area contributed by atoms with E-state index in [1.165, 1.54) is 29.2 Å². The number of hydrogen-bond donors (Lipinski definition) is 2. The van der Waals surface area contributed by atoms with Crippen LogP contribution < -0.4 is 24.4 Å². The molecule has 0 aliphatic carbocycles. The molecular weight excluding hydrogens is 610 g/mol. The Labute approximate surface area is 246 Å². The Morgan fingerprint density at radius 1 is 0.902 bits per heavy atom. The van der Waals surface area contributed by atoms with Crippen molar-refractivity contribution in [1.29, 1.82) is 0 Å². The number of rotatable bonds is 9. The molecule has 0 fully saturated rings. The van der Waals surface area contributed by atoms with Gasteiger partial charge in [0.1, 0.15) is 11.5 Å². The van der Waals surface area contributed by atoms with Gasteiger partial charge in [0, 0.05) is 16.7 Å². The maximum atomic E-state index is 13.2. The van der Waals surface area contributed by atoms with Gasteiger partial charge >= 0.3 is 0 Å². The van der Waals surface area contributed by atoms with E-state index in [1.54, 1.807) is 48.5 Å². The lowest BCUT2D eigenvalue weighted by Crippen LogP contribution is -2.51. The van der Waals surface area contributed by atoms with Gasteiger partial charge in [0.2, 0.25) is 0 Å². The number of para-hydroxylation sites is 2. The minimum Gasteiger partial charge on any atom is -0.484 e. The monoisotopic (exact) mass is 635 g/mol. The summed E-state index contributed by atoms with van der Waals surface area (Å²) in [7, 11) is -3.81. The summed E-state index contributed by atoms with van der Waals surface area (Å²) in [6, 6.07) is 29.0. The van der Waals surface area contributed by atoms with Gasteiger partial charge in [-0.3, -0.25) is 14.3 Å². The quantitative estimate of drug-likeness (QED) is 0.275. The van der Waals surface area contributed by atoms with E-state index in [4.69, 9.17) is 9.47 Å². The van der Waals surface area contributed by atoms with E-state index in [9.17, 15) is 18.0 Å². The molecule has 41 heavy (non-hydrogen) atoms. The molecule has 0 spiro atoms. The number of fused-ring (bicyclic) bond motifs is 1. The van der Waals surface area contributed by atoms with E-state index in [0.717, 1.165) is 10.0 Å². The topological polar surface area (TPSA) is 114 Å². The van der Waals surface area contributed by atoms with Gasteiger partial charge in [-0.05, 0) is 66.2 Å². The third-order valence-electron chi connectivity index (χ3n) is 6.27. The third kappa shape index (κ3) is 7.05. The molecule has 210 valence electrons. The zero-order valence-electron chi connectivity index (χ0n) is 21.7. The Balaban J connectivity index is 1.21. The van der Waals surface area contributed by atoms with E-state index in [2.05, 4.69) is 26.0 Å². The number of carbonyl (C=O) groups excluding carboxylic acids is 2. The first-order chi connectivity index (χ1) is 19.8. The summed E-state index contributed by atoms with van der Waals surface area (Å²) in [4.78, 5) is 27.7. The number of nitrogens with zero attached hydrogens (tertiary/aromatic N) is 1. The van der Waals surface area contributed by atoms with Crippen LogP contribution in [0.25, 0.3) is 0 Å². The van der Waals surface area contributed by atoms with Crippen molar-refractivity contribution in [1.82, 2.24) is 5.32 Å². The second-order valence-electron chi connectivity index (χ2n) is 9.15. The number of hydrogen-bond acceptors (Lipinski definition) is 6. The Bertz CT molecular complexity index is 1630. The van der Waals surface area contributed by atoms with E-state index in [-0.39, 0.29) is 29.9 Å². The van der Waals surface area contributed by atoms with Crippen LogP contribution in [0.1, 0.15) is 5.56 Å². The number of amides is 2. The Morgan fingerprint density at radius 3 is 2.32 bits per heavy atom. The lowest BCUT2D eigenvalue weighted by atomic mass is 10.1. The Kier molecular flexibility index (Phi) is 8.55. The SMILES string of the molecule is O=C(NCc1ccccc1)[C@H]1CN(C(=O)COc2ccc(S(=O)(=O)Nc3ccc(Br)cc3)cc2)c2ccccc2O1. The molecular formula is C30H26BrN3O6S. The fourth-order valence-electron chi connectivity index (χ4n) is 4.18. The van der Waals surface area contributed by atoms with E-state index in [1.807, 2.05) is 30.3 Å². The number of nitrogens with one attached hydrogen (secondary N) is 2. The van der Waals surface area contributed by atoms with Gasteiger partial charge in [0.15, 0.2) is 12.7 Å². The average molecular weight is 637 g/mol. The van der Waals surface area contributed by atoms with Gasteiger partial charge in [-0.25, -0.2) is 8.42 Å². The van der Waals surface area contributed by atoms with Crippen molar-refractivity contribution in [3.8, 4) is 11.5 Å². The molecule has 0 unspecified atom stereocenters. The van der Waals surface area contributed by atoms with Crippen LogP contribution >= 0.6 is 15.9 Å². The first-order valence-corrected chi connectivity index (χ1v) is 14.9. The smallest absolute Gasteiger partial charge is 0.265 e. The molecule has 1 aliphatic heterocycles. The predicted molar refractivity (Wildman–Crippen MR) is 158 cm³/mol. The van der Waals surface area contributed by atoms with Crippen molar-refractivity contribution in [2.45, 2.75) is 17.5 Å². The summed E-state index contributed by atoms with van der Waals surface area (Å²) >= 11 is 3.32. The first kappa shape index (κ1) is 28.2. The molecule has 0 radical (unpaired) electrons. The second-order valence-corrected chi connectivity index (χ2v) is 11.8. The van der Waals surface area contributed by atoms with Crippen LogP contribution in [0.3, 0.4) is 0 Å². The predicted octanol–water partition coefficient (Wildman–Crippen LogP) is 4.74. The molecule has 1 heterocycles. The number of anilines is 2. The fraction of sp³-hybridized carbons (Fsp3) is 0.133. The lowest BCUT2D eigenvalue weighted by molar-refractivity contribution is -0.128. The number of benzene rings is 4. The number of carbonyl (C=O) groups is 2. The van der Waals surface area contributed by atoms with Crippen LogP contribution in [-0.4, -0.2) is 39.5 Å². The summed E-state index contributed by atoms with van der Waals surface area (Å²) in [5.41, 5.74) is 1.91. The fourth-order valence-corrected chi connectivity index (χ4v) is 5.50. The van der Waals surface area contributed by atoms with Crippen LogP contribution in [0.5, 0.6) is 11.5 Å². The largest absolute Gasteiger partial charge is 0.484 e. The van der Waals surface area contributed by atoms with Crippen LogP contribution in [0, 0.1) is 0 Å². The van der Waals surface area contributed by atoms with Gasteiger partial charge < -0.3 is 19.7 Å². The molecule has 11 heteroatoms. The first-order valence-electron chi connectivity index (χ1n) is 12.7. The lowest BCUT2D eigenvalue weighted by Gasteiger charge is -2.34. The molecule has 2 amide bonds. The van der Waals surface area contributed by atoms with Crippen molar-refractivity contribution in [3.05, 3.63) is 113 Å². The molecule has 0 saturated carbocycles. The highest BCUT2D eigenvalue weighted by Gasteiger charge is 2.33. The molecule has 2 N–H and O–H groups in total. The highest BCUT2D eigenvalue weighted by atomic mass is 79.9. The molecule has 1 aliphatic rings. The summed E-state index contributed by atoms with van der Waals surface area (Å²) in [5.74, 6) is 0.0188. The van der Waals surface area contributed by atoms with Crippen LogP contribution in [0.2, 0.25) is 0 Å². The normalized spacial score (nSPS) is 14.4. The average Bonchev–Trinajstić information content (AvgIpc) is 3.00. The molecule has 4 aromatic carbocycles. The summed E-state index contributed by atoms with van der Waals surface area (Å²) in [6.07, 6.45) is -0.903. The van der Waals surface area contributed by atoms with Crippen molar-refractivity contribution in [3.63, 3.8) is 0 Å². The molecule has 1 atom stereocenters. The van der Waals surface area contributed by atoms with Gasteiger partial charge in [-0.1, -0.05) is 58.4 Å². The van der Waals surface area contributed by atoms with E-state index < -0.39 is 16.1 Å². The van der Waals surface area contributed by atoms with Gasteiger partial charge in [-0.15, -0.1) is 0 Å². The second kappa shape index (κ2) is 12.4. The maximum Gasteiger partial charge on any atom is 0.265 e. The van der Waals surface area contributed by atoms with E-state index >= 15 is 0 Å². The zero-order chi connectivity index (χ0) is 28.8. The molecule has 0 saturated heterocycles. The Hall–Kier alpha value is -4.35. The highest BCUT2D eigenvalue weighted by Crippen LogP contribution is 2.33.